The largest absolute Gasteiger partial charge is 0.346 e. The van der Waals surface area contributed by atoms with E-state index in [1.54, 1.807) is 6.33 Å². The van der Waals surface area contributed by atoms with Crippen LogP contribution in [-0.2, 0) is 5.41 Å². The number of H-pyrrole nitrogens is 1. The predicted octanol–water partition coefficient (Wildman–Crippen LogP) is 3.35. The average molecular weight is 333 g/mol. The Hall–Kier alpha value is -2.40. The van der Waals surface area contributed by atoms with Crippen molar-refractivity contribution in [3.63, 3.8) is 0 Å². The highest BCUT2D eigenvalue weighted by molar-refractivity contribution is 5.93. The number of aromatic amines is 1. The molecule has 4 heterocycles. The van der Waals surface area contributed by atoms with Gasteiger partial charge in [0.1, 0.15) is 17.8 Å². The summed E-state index contributed by atoms with van der Waals surface area (Å²) >= 11 is 0. The first-order valence-corrected chi connectivity index (χ1v) is 9.06. The Morgan fingerprint density at radius 2 is 1.96 bits per heavy atom. The van der Waals surface area contributed by atoms with Crippen LogP contribution in [-0.4, -0.2) is 34.6 Å². The lowest BCUT2D eigenvalue weighted by molar-refractivity contribution is 0.329. The molecule has 0 unspecified atom stereocenters. The van der Waals surface area contributed by atoms with Crippen molar-refractivity contribution in [1.82, 2.24) is 20.3 Å². The van der Waals surface area contributed by atoms with E-state index in [1.807, 2.05) is 6.20 Å². The van der Waals surface area contributed by atoms with Gasteiger partial charge < -0.3 is 15.2 Å². The third-order valence-corrected chi connectivity index (χ3v) is 5.94. The Kier molecular flexibility index (Phi) is 3.16. The van der Waals surface area contributed by atoms with Gasteiger partial charge in [0.15, 0.2) is 0 Å². The fourth-order valence-corrected chi connectivity index (χ4v) is 4.61. The molecular formula is C20H23N5. The second-order valence-electron chi connectivity index (χ2n) is 7.53. The number of benzene rings is 1. The quantitative estimate of drug-likeness (QED) is 0.717. The minimum atomic E-state index is 0.230. The van der Waals surface area contributed by atoms with Crippen LogP contribution in [0.5, 0.6) is 0 Å². The number of aryl methyl sites for hydroxylation is 2. The van der Waals surface area contributed by atoms with Crippen LogP contribution in [0.25, 0.3) is 11.0 Å². The van der Waals surface area contributed by atoms with Crippen molar-refractivity contribution in [2.24, 2.45) is 0 Å². The SMILES string of the molecule is Cc1ccc2c(c1)C1(CCNCC1)CN2c1ncnc2[nH]cc(C)c12. The standard InChI is InChI=1S/C20H23N5/c1-13-3-4-16-15(9-13)20(5-7-21-8-6-20)11-25(16)19-17-14(2)10-22-18(17)23-12-24-19/h3-4,9-10,12,21H,5-8,11H2,1-2H3,(H,22,23,24). The van der Waals surface area contributed by atoms with Gasteiger partial charge in [0.2, 0.25) is 0 Å². The maximum Gasteiger partial charge on any atom is 0.146 e. The summed E-state index contributed by atoms with van der Waals surface area (Å²) in [5, 5.41) is 4.66. The van der Waals surface area contributed by atoms with Crippen molar-refractivity contribution in [2.75, 3.05) is 24.5 Å². The third-order valence-electron chi connectivity index (χ3n) is 5.94. The Balaban J connectivity index is 1.72. The van der Waals surface area contributed by atoms with Gasteiger partial charge in [0.25, 0.3) is 0 Å². The second kappa shape index (κ2) is 5.30. The highest BCUT2D eigenvalue weighted by atomic mass is 15.2. The van der Waals surface area contributed by atoms with Crippen molar-refractivity contribution in [1.29, 1.82) is 0 Å². The number of nitrogens with one attached hydrogen (secondary N) is 2. The monoisotopic (exact) mass is 333 g/mol. The van der Waals surface area contributed by atoms with Crippen molar-refractivity contribution in [3.05, 3.63) is 47.4 Å². The van der Waals surface area contributed by atoms with E-state index in [-0.39, 0.29) is 5.41 Å². The fourth-order valence-electron chi connectivity index (χ4n) is 4.61. The molecule has 5 heteroatoms. The van der Waals surface area contributed by atoms with Gasteiger partial charge in [-0.05, 0) is 57.0 Å². The number of rotatable bonds is 1. The maximum atomic E-state index is 4.70. The van der Waals surface area contributed by atoms with E-state index in [1.165, 1.54) is 35.2 Å². The molecule has 2 aliphatic heterocycles. The molecule has 3 aromatic rings. The molecule has 0 amide bonds. The molecule has 0 saturated carbocycles. The van der Waals surface area contributed by atoms with E-state index in [4.69, 9.17) is 4.98 Å². The lowest BCUT2D eigenvalue weighted by Gasteiger charge is -2.35. The summed E-state index contributed by atoms with van der Waals surface area (Å²) in [5.74, 6) is 1.03. The van der Waals surface area contributed by atoms with Crippen molar-refractivity contribution < 1.29 is 0 Å². The Labute approximate surface area is 147 Å². The molecule has 0 radical (unpaired) electrons. The number of hydrogen-bond acceptors (Lipinski definition) is 4. The van der Waals surface area contributed by atoms with Crippen LogP contribution in [0.4, 0.5) is 11.5 Å². The molecule has 5 nitrogen and oxygen atoms in total. The van der Waals surface area contributed by atoms with E-state index >= 15 is 0 Å². The third kappa shape index (κ3) is 2.12. The molecule has 1 spiro atoms. The maximum absolute atomic E-state index is 4.70. The molecule has 2 aliphatic rings. The van der Waals surface area contributed by atoms with Crippen molar-refractivity contribution >= 4 is 22.5 Å². The topological polar surface area (TPSA) is 56.8 Å². The molecule has 1 saturated heterocycles. The van der Waals surface area contributed by atoms with Crippen LogP contribution < -0.4 is 10.2 Å². The molecule has 5 rings (SSSR count). The minimum absolute atomic E-state index is 0.230. The molecule has 1 fully saturated rings. The summed E-state index contributed by atoms with van der Waals surface area (Å²) in [6, 6.07) is 6.88. The van der Waals surface area contributed by atoms with Crippen LogP contribution in [0.3, 0.4) is 0 Å². The van der Waals surface area contributed by atoms with Crippen LogP contribution in [0.2, 0.25) is 0 Å². The lowest BCUT2D eigenvalue weighted by Crippen LogP contribution is -2.42. The van der Waals surface area contributed by atoms with Crippen LogP contribution in [0, 0.1) is 13.8 Å². The van der Waals surface area contributed by atoms with Crippen LogP contribution in [0.1, 0.15) is 29.5 Å². The van der Waals surface area contributed by atoms with E-state index in [0.29, 0.717) is 0 Å². The number of anilines is 2. The first-order valence-electron chi connectivity index (χ1n) is 9.06. The number of aromatic nitrogens is 3. The van der Waals surface area contributed by atoms with Gasteiger partial charge in [0.05, 0.1) is 5.39 Å². The second-order valence-corrected chi connectivity index (χ2v) is 7.53. The average Bonchev–Trinajstić information content (AvgIpc) is 3.15. The summed E-state index contributed by atoms with van der Waals surface area (Å²) in [4.78, 5) is 14.8. The zero-order valence-electron chi connectivity index (χ0n) is 14.8. The summed E-state index contributed by atoms with van der Waals surface area (Å²) < 4.78 is 0. The van der Waals surface area contributed by atoms with Gasteiger partial charge in [-0.15, -0.1) is 0 Å². The zero-order chi connectivity index (χ0) is 17.0. The molecule has 2 aromatic heterocycles. The van der Waals surface area contributed by atoms with Crippen LogP contribution in [0.15, 0.2) is 30.7 Å². The summed E-state index contributed by atoms with van der Waals surface area (Å²) in [7, 11) is 0. The molecule has 0 aliphatic carbocycles. The molecule has 128 valence electrons. The first-order chi connectivity index (χ1) is 12.2. The Morgan fingerprint density at radius 1 is 1.12 bits per heavy atom. The predicted molar refractivity (Wildman–Crippen MR) is 101 cm³/mol. The molecule has 1 aromatic carbocycles. The Bertz CT molecular complexity index is 952. The number of hydrogen-bond donors (Lipinski definition) is 2. The van der Waals surface area contributed by atoms with E-state index in [9.17, 15) is 0 Å². The number of piperidine rings is 1. The smallest absolute Gasteiger partial charge is 0.146 e. The first kappa shape index (κ1) is 14.9. The van der Waals surface area contributed by atoms with Gasteiger partial charge in [-0.2, -0.15) is 0 Å². The molecule has 2 N–H and O–H groups in total. The van der Waals surface area contributed by atoms with Gasteiger partial charge >= 0.3 is 0 Å². The summed E-state index contributed by atoms with van der Waals surface area (Å²) in [6.45, 7) is 7.49. The Morgan fingerprint density at radius 3 is 2.80 bits per heavy atom. The van der Waals surface area contributed by atoms with Gasteiger partial charge in [-0.1, -0.05) is 17.7 Å². The van der Waals surface area contributed by atoms with E-state index < -0.39 is 0 Å². The lowest BCUT2D eigenvalue weighted by atomic mass is 9.74. The normalized spacial score (nSPS) is 18.9. The van der Waals surface area contributed by atoms with E-state index in [0.717, 1.165) is 36.5 Å². The van der Waals surface area contributed by atoms with Gasteiger partial charge in [-0.25, -0.2) is 9.97 Å². The highest BCUT2D eigenvalue weighted by Crippen LogP contribution is 2.49. The van der Waals surface area contributed by atoms with Gasteiger partial charge in [0, 0.05) is 23.8 Å². The van der Waals surface area contributed by atoms with Gasteiger partial charge in [-0.3, -0.25) is 0 Å². The van der Waals surface area contributed by atoms with Crippen LogP contribution >= 0.6 is 0 Å². The zero-order valence-corrected chi connectivity index (χ0v) is 14.8. The fraction of sp³-hybridized carbons (Fsp3) is 0.400. The van der Waals surface area contributed by atoms with Crippen molar-refractivity contribution in [2.45, 2.75) is 32.1 Å². The number of nitrogens with zero attached hydrogens (tertiary/aromatic N) is 3. The molecule has 25 heavy (non-hydrogen) atoms. The highest BCUT2D eigenvalue weighted by Gasteiger charge is 2.44. The molecule has 0 bridgehead atoms. The van der Waals surface area contributed by atoms with E-state index in [2.05, 4.69) is 52.2 Å². The summed E-state index contributed by atoms with van der Waals surface area (Å²) in [5.41, 5.74) is 6.49. The minimum Gasteiger partial charge on any atom is -0.346 e. The van der Waals surface area contributed by atoms with Crippen molar-refractivity contribution in [3.8, 4) is 0 Å². The molecular weight excluding hydrogens is 310 g/mol. The summed E-state index contributed by atoms with van der Waals surface area (Å²) in [6.07, 6.45) is 6.06. The molecule has 0 atom stereocenters. The number of fused-ring (bicyclic) bond motifs is 3.